The van der Waals surface area contributed by atoms with Crippen molar-refractivity contribution in [2.24, 2.45) is 0 Å². The second kappa shape index (κ2) is 6.13. The molecule has 0 aliphatic rings. The predicted molar refractivity (Wildman–Crippen MR) is 79.2 cm³/mol. The molecule has 2 aromatic rings. The summed E-state index contributed by atoms with van der Waals surface area (Å²) in [6, 6.07) is 5.71. The fraction of sp³-hybridized carbons (Fsp3) is 0.429. The number of benzene rings is 1. The third-order valence-corrected chi connectivity index (χ3v) is 3.25. The molecule has 0 saturated heterocycles. The van der Waals surface area contributed by atoms with Crippen LogP contribution in [0.3, 0.4) is 0 Å². The van der Waals surface area contributed by atoms with E-state index in [-0.39, 0.29) is 11.3 Å². The molecule has 2 rings (SSSR count). The van der Waals surface area contributed by atoms with Crippen LogP contribution in [0, 0.1) is 0 Å². The number of methoxy groups -OCH3 is 1. The van der Waals surface area contributed by atoms with Crippen LogP contribution in [0.25, 0.3) is 11.0 Å². The third kappa shape index (κ3) is 3.04. The lowest BCUT2D eigenvalue weighted by Gasteiger charge is -2.11. The lowest BCUT2D eigenvalue weighted by Crippen LogP contribution is -2.25. The van der Waals surface area contributed by atoms with Crippen LogP contribution in [-0.2, 0) is 11.3 Å². The molecule has 108 valence electrons. The summed E-state index contributed by atoms with van der Waals surface area (Å²) in [5.74, 6) is 1.51. The molecule has 1 aromatic heterocycles. The number of aromatic nitrogens is 2. The number of ether oxygens (including phenoxy) is 1. The summed E-state index contributed by atoms with van der Waals surface area (Å²) in [6.45, 7) is 4.54. The first kappa shape index (κ1) is 14.7. The minimum absolute atomic E-state index is 0.0486. The van der Waals surface area contributed by atoms with Gasteiger partial charge in [0.05, 0.1) is 23.5 Å². The predicted octanol–water partition coefficient (Wildman–Crippen LogP) is 2.48. The van der Waals surface area contributed by atoms with Crippen LogP contribution >= 0.6 is 11.6 Å². The van der Waals surface area contributed by atoms with Crippen molar-refractivity contribution in [1.29, 1.82) is 0 Å². The van der Waals surface area contributed by atoms with Crippen LogP contribution in [-0.4, -0.2) is 29.1 Å². The molecule has 0 aliphatic carbocycles. The number of rotatable bonds is 5. The maximum absolute atomic E-state index is 11.0. The summed E-state index contributed by atoms with van der Waals surface area (Å²) in [5, 5.41) is 2.58. The highest BCUT2D eigenvalue weighted by atomic mass is 35.5. The van der Waals surface area contributed by atoms with Crippen molar-refractivity contribution in [3.63, 3.8) is 0 Å². The fourth-order valence-electron chi connectivity index (χ4n) is 2.13. The van der Waals surface area contributed by atoms with Gasteiger partial charge < -0.3 is 14.6 Å². The van der Waals surface area contributed by atoms with E-state index in [4.69, 9.17) is 16.3 Å². The van der Waals surface area contributed by atoms with E-state index in [0.29, 0.717) is 13.1 Å². The molecule has 1 N–H and O–H groups in total. The number of carbonyl (C=O) groups excluding carboxylic acids is 1. The smallest absolute Gasteiger partial charge is 0.216 e. The molecule has 1 aromatic carbocycles. The van der Waals surface area contributed by atoms with Gasteiger partial charge in [-0.1, -0.05) is 0 Å². The van der Waals surface area contributed by atoms with Gasteiger partial charge in [0.25, 0.3) is 0 Å². The molecule has 1 unspecified atom stereocenters. The SMILES string of the molecule is COc1ccc2nc(C(C)Cl)n(CCNC(C)=O)c2c1. The normalized spacial score (nSPS) is 12.4. The van der Waals surface area contributed by atoms with Crippen molar-refractivity contribution >= 4 is 28.5 Å². The number of hydrogen-bond donors (Lipinski definition) is 1. The molecule has 1 heterocycles. The van der Waals surface area contributed by atoms with E-state index in [0.717, 1.165) is 22.6 Å². The van der Waals surface area contributed by atoms with E-state index >= 15 is 0 Å². The van der Waals surface area contributed by atoms with Crippen LogP contribution in [0.4, 0.5) is 0 Å². The Balaban J connectivity index is 2.40. The topological polar surface area (TPSA) is 56.1 Å². The Bertz CT molecular complexity index is 622. The summed E-state index contributed by atoms with van der Waals surface area (Å²) in [6.07, 6.45) is 0. The van der Waals surface area contributed by atoms with Gasteiger partial charge in [0.2, 0.25) is 5.91 Å². The molecule has 0 aliphatic heterocycles. The van der Waals surface area contributed by atoms with Gasteiger partial charge in [-0.3, -0.25) is 4.79 Å². The van der Waals surface area contributed by atoms with Gasteiger partial charge in [0.1, 0.15) is 11.6 Å². The first-order chi connectivity index (χ1) is 9.52. The maximum atomic E-state index is 11.0. The Labute approximate surface area is 122 Å². The molecule has 0 bridgehead atoms. The number of halogens is 1. The van der Waals surface area contributed by atoms with Crippen molar-refractivity contribution in [1.82, 2.24) is 14.9 Å². The Morgan fingerprint density at radius 2 is 2.30 bits per heavy atom. The van der Waals surface area contributed by atoms with Crippen molar-refractivity contribution < 1.29 is 9.53 Å². The third-order valence-electron chi connectivity index (χ3n) is 3.05. The second-order valence-electron chi connectivity index (χ2n) is 4.58. The number of fused-ring (bicyclic) bond motifs is 1. The lowest BCUT2D eigenvalue weighted by atomic mass is 10.3. The summed E-state index contributed by atoms with van der Waals surface area (Å²) in [4.78, 5) is 15.5. The molecule has 0 fully saturated rings. The molecule has 6 heteroatoms. The number of nitrogens with one attached hydrogen (secondary N) is 1. The van der Waals surface area contributed by atoms with Crippen molar-refractivity contribution in [2.45, 2.75) is 25.8 Å². The minimum atomic E-state index is -0.203. The number of carbonyl (C=O) groups is 1. The number of imidazole rings is 1. The average molecular weight is 296 g/mol. The van der Waals surface area contributed by atoms with E-state index < -0.39 is 0 Å². The summed E-state index contributed by atoms with van der Waals surface area (Å²) in [7, 11) is 1.63. The van der Waals surface area contributed by atoms with Crippen LogP contribution < -0.4 is 10.1 Å². The first-order valence-corrected chi connectivity index (χ1v) is 6.89. The highest BCUT2D eigenvalue weighted by Gasteiger charge is 2.15. The Hall–Kier alpha value is -1.75. The zero-order valence-corrected chi connectivity index (χ0v) is 12.6. The summed E-state index contributed by atoms with van der Waals surface area (Å²) < 4.78 is 7.27. The van der Waals surface area contributed by atoms with Crippen molar-refractivity contribution in [3.8, 4) is 5.75 Å². The summed E-state index contributed by atoms with van der Waals surface area (Å²) >= 11 is 6.19. The van der Waals surface area contributed by atoms with E-state index in [1.807, 2.05) is 29.7 Å². The Morgan fingerprint density at radius 1 is 1.55 bits per heavy atom. The van der Waals surface area contributed by atoms with Crippen LogP contribution in [0.15, 0.2) is 18.2 Å². The summed E-state index contributed by atoms with van der Waals surface area (Å²) in [5.41, 5.74) is 1.83. The molecule has 1 amide bonds. The highest BCUT2D eigenvalue weighted by molar-refractivity contribution is 6.20. The van der Waals surface area contributed by atoms with Gasteiger partial charge in [-0.05, 0) is 19.1 Å². The first-order valence-electron chi connectivity index (χ1n) is 6.45. The molecular formula is C14H18ClN3O2. The number of hydrogen-bond acceptors (Lipinski definition) is 3. The number of nitrogens with zero attached hydrogens (tertiary/aromatic N) is 2. The molecule has 1 atom stereocenters. The molecule has 5 nitrogen and oxygen atoms in total. The largest absolute Gasteiger partial charge is 0.497 e. The van der Waals surface area contributed by atoms with E-state index in [9.17, 15) is 4.79 Å². The number of alkyl halides is 1. The van der Waals surface area contributed by atoms with Gasteiger partial charge in [-0.2, -0.15) is 0 Å². The molecule has 0 spiro atoms. The average Bonchev–Trinajstić information content (AvgIpc) is 2.76. The van der Waals surface area contributed by atoms with E-state index in [1.54, 1.807) is 7.11 Å². The highest BCUT2D eigenvalue weighted by Crippen LogP contribution is 2.27. The lowest BCUT2D eigenvalue weighted by molar-refractivity contribution is -0.118. The standard InChI is InChI=1S/C14H18ClN3O2/c1-9(15)14-17-12-5-4-11(20-3)8-13(12)18(14)7-6-16-10(2)19/h4-5,8-9H,6-7H2,1-3H3,(H,16,19). The molecular weight excluding hydrogens is 278 g/mol. The molecule has 0 saturated carbocycles. The quantitative estimate of drug-likeness (QED) is 0.862. The zero-order chi connectivity index (χ0) is 14.7. The van der Waals surface area contributed by atoms with Gasteiger partial charge in [-0.25, -0.2) is 4.98 Å². The van der Waals surface area contributed by atoms with E-state index in [2.05, 4.69) is 10.3 Å². The maximum Gasteiger partial charge on any atom is 0.216 e. The van der Waals surface area contributed by atoms with Crippen molar-refractivity contribution in [2.75, 3.05) is 13.7 Å². The monoisotopic (exact) mass is 295 g/mol. The minimum Gasteiger partial charge on any atom is -0.497 e. The van der Waals surface area contributed by atoms with Crippen LogP contribution in [0.5, 0.6) is 5.75 Å². The fourth-order valence-corrected chi connectivity index (χ4v) is 2.30. The van der Waals surface area contributed by atoms with Gasteiger partial charge in [-0.15, -0.1) is 11.6 Å². The zero-order valence-electron chi connectivity index (χ0n) is 11.8. The Kier molecular flexibility index (Phi) is 4.49. The van der Waals surface area contributed by atoms with Gasteiger partial charge in [0.15, 0.2) is 0 Å². The van der Waals surface area contributed by atoms with Crippen LogP contribution in [0.1, 0.15) is 25.0 Å². The molecule has 0 radical (unpaired) electrons. The van der Waals surface area contributed by atoms with Crippen LogP contribution in [0.2, 0.25) is 0 Å². The Morgan fingerprint density at radius 3 is 2.90 bits per heavy atom. The van der Waals surface area contributed by atoms with E-state index in [1.165, 1.54) is 6.92 Å². The second-order valence-corrected chi connectivity index (χ2v) is 5.23. The van der Waals surface area contributed by atoms with Crippen molar-refractivity contribution in [3.05, 3.63) is 24.0 Å². The van der Waals surface area contributed by atoms with Gasteiger partial charge in [0, 0.05) is 26.1 Å². The molecule has 20 heavy (non-hydrogen) atoms. The number of amides is 1. The van der Waals surface area contributed by atoms with Gasteiger partial charge >= 0.3 is 0 Å².